The van der Waals surface area contributed by atoms with Crippen LogP contribution in [0.25, 0.3) is 11.0 Å². The molecule has 0 amide bonds. The zero-order valence-corrected chi connectivity index (χ0v) is 13.9. The third kappa shape index (κ3) is 3.21. The Balaban J connectivity index is 2.23. The number of furan rings is 1. The van der Waals surface area contributed by atoms with Gasteiger partial charge in [0.25, 0.3) is 0 Å². The Morgan fingerprint density at radius 2 is 2.00 bits per heavy atom. The third-order valence-corrected chi connectivity index (χ3v) is 5.11. The molecule has 0 aliphatic carbocycles. The van der Waals surface area contributed by atoms with Crippen LogP contribution in [0, 0.1) is 0 Å². The lowest BCUT2D eigenvalue weighted by atomic mass is 10.0. The molecule has 0 radical (unpaired) electrons. The van der Waals surface area contributed by atoms with Crippen LogP contribution in [0.15, 0.2) is 28.7 Å². The van der Waals surface area contributed by atoms with Gasteiger partial charge in [-0.05, 0) is 39.5 Å². The van der Waals surface area contributed by atoms with E-state index in [1.54, 1.807) is 0 Å². The third-order valence-electron chi connectivity index (χ3n) is 3.86. The number of benzene rings is 1. The predicted octanol–water partition coefficient (Wildman–Crippen LogP) is 4.79. The van der Waals surface area contributed by atoms with Crippen molar-refractivity contribution >= 4 is 22.7 Å². The molecule has 1 N–H and O–H groups in total. The standard InChI is InChI=1S/C17H25NOS/c1-6-13-14-9-7-8-10-15(14)19-16(13)12(2)18-11-17(3,4)20-5/h7-10,12,18H,6,11H2,1-5H3. The van der Waals surface area contributed by atoms with Gasteiger partial charge in [-0.3, -0.25) is 0 Å². The van der Waals surface area contributed by atoms with Crippen LogP contribution in [0.1, 0.15) is 45.1 Å². The Morgan fingerprint density at radius 3 is 2.65 bits per heavy atom. The minimum Gasteiger partial charge on any atom is -0.459 e. The fourth-order valence-corrected chi connectivity index (χ4v) is 2.62. The molecular weight excluding hydrogens is 266 g/mol. The van der Waals surface area contributed by atoms with Crippen molar-refractivity contribution in [2.45, 2.75) is 44.9 Å². The molecule has 0 fully saturated rings. The van der Waals surface area contributed by atoms with E-state index >= 15 is 0 Å². The van der Waals surface area contributed by atoms with E-state index in [9.17, 15) is 0 Å². The molecule has 2 aromatic rings. The lowest BCUT2D eigenvalue weighted by molar-refractivity contribution is 0.433. The Bertz CT molecular complexity index is 573. The lowest BCUT2D eigenvalue weighted by Crippen LogP contribution is -2.33. The molecule has 2 nitrogen and oxygen atoms in total. The van der Waals surface area contributed by atoms with Crippen LogP contribution in [-0.4, -0.2) is 17.5 Å². The van der Waals surface area contributed by atoms with E-state index in [1.807, 2.05) is 17.8 Å². The van der Waals surface area contributed by atoms with E-state index < -0.39 is 0 Å². The van der Waals surface area contributed by atoms with E-state index in [4.69, 9.17) is 4.42 Å². The number of para-hydroxylation sites is 1. The lowest BCUT2D eigenvalue weighted by Gasteiger charge is -2.24. The van der Waals surface area contributed by atoms with Gasteiger partial charge >= 0.3 is 0 Å². The Kier molecular flexibility index (Phi) is 4.82. The number of aryl methyl sites for hydroxylation is 1. The Labute approximate surface area is 126 Å². The van der Waals surface area contributed by atoms with E-state index in [2.05, 4.69) is 57.5 Å². The number of hydrogen-bond acceptors (Lipinski definition) is 3. The largest absolute Gasteiger partial charge is 0.459 e. The van der Waals surface area contributed by atoms with Gasteiger partial charge in [0, 0.05) is 22.2 Å². The summed E-state index contributed by atoms with van der Waals surface area (Å²) in [6.45, 7) is 9.87. The molecule has 1 heterocycles. The average Bonchev–Trinajstić information content (AvgIpc) is 2.83. The zero-order valence-electron chi connectivity index (χ0n) is 13.1. The molecule has 20 heavy (non-hydrogen) atoms. The second-order valence-corrected chi connectivity index (χ2v) is 7.37. The molecule has 1 aromatic heterocycles. The van der Waals surface area contributed by atoms with Crippen molar-refractivity contribution in [3.63, 3.8) is 0 Å². The first-order chi connectivity index (χ1) is 9.48. The molecule has 3 heteroatoms. The molecule has 1 atom stereocenters. The summed E-state index contributed by atoms with van der Waals surface area (Å²) in [4.78, 5) is 0. The highest BCUT2D eigenvalue weighted by Gasteiger charge is 2.21. The average molecular weight is 291 g/mol. The van der Waals surface area contributed by atoms with Gasteiger partial charge < -0.3 is 9.73 Å². The second-order valence-electron chi connectivity index (χ2n) is 5.86. The summed E-state index contributed by atoms with van der Waals surface area (Å²) in [5, 5.41) is 4.86. The van der Waals surface area contributed by atoms with Gasteiger partial charge in [-0.15, -0.1) is 0 Å². The highest BCUT2D eigenvalue weighted by Crippen LogP contribution is 2.31. The number of thioether (sulfide) groups is 1. The molecule has 0 saturated heterocycles. The first-order valence-electron chi connectivity index (χ1n) is 7.27. The van der Waals surface area contributed by atoms with Crippen LogP contribution in [0.4, 0.5) is 0 Å². The highest BCUT2D eigenvalue weighted by molar-refractivity contribution is 7.99. The van der Waals surface area contributed by atoms with Crippen LogP contribution in [-0.2, 0) is 6.42 Å². The molecule has 2 rings (SSSR count). The van der Waals surface area contributed by atoms with Gasteiger partial charge in [0.15, 0.2) is 0 Å². The number of rotatable bonds is 6. The molecule has 0 spiro atoms. The van der Waals surface area contributed by atoms with Crippen molar-refractivity contribution in [2.24, 2.45) is 0 Å². The maximum absolute atomic E-state index is 6.08. The van der Waals surface area contributed by atoms with Crippen LogP contribution < -0.4 is 5.32 Å². The van der Waals surface area contributed by atoms with Crippen molar-refractivity contribution in [1.29, 1.82) is 0 Å². The highest BCUT2D eigenvalue weighted by atomic mass is 32.2. The first-order valence-corrected chi connectivity index (χ1v) is 8.50. The predicted molar refractivity (Wildman–Crippen MR) is 89.6 cm³/mol. The zero-order chi connectivity index (χ0) is 14.8. The van der Waals surface area contributed by atoms with Crippen LogP contribution >= 0.6 is 11.8 Å². The summed E-state index contributed by atoms with van der Waals surface area (Å²) in [6.07, 6.45) is 3.16. The van der Waals surface area contributed by atoms with Gasteiger partial charge in [-0.2, -0.15) is 11.8 Å². The minimum atomic E-state index is 0.240. The molecule has 110 valence electrons. The smallest absolute Gasteiger partial charge is 0.134 e. The van der Waals surface area contributed by atoms with Crippen molar-refractivity contribution in [1.82, 2.24) is 5.32 Å². The molecule has 1 unspecified atom stereocenters. The first kappa shape index (κ1) is 15.5. The summed E-state index contributed by atoms with van der Waals surface area (Å²) in [7, 11) is 0. The molecule has 1 aromatic carbocycles. The van der Waals surface area contributed by atoms with Crippen molar-refractivity contribution in [2.75, 3.05) is 12.8 Å². The molecule has 0 bridgehead atoms. The van der Waals surface area contributed by atoms with Crippen molar-refractivity contribution < 1.29 is 4.42 Å². The van der Waals surface area contributed by atoms with Gasteiger partial charge in [0.1, 0.15) is 11.3 Å². The summed E-state index contributed by atoms with van der Waals surface area (Å²) in [5.41, 5.74) is 2.33. The molecule has 0 aliphatic rings. The number of nitrogens with one attached hydrogen (secondary N) is 1. The van der Waals surface area contributed by atoms with E-state index in [0.717, 1.165) is 24.3 Å². The molecular formula is C17H25NOS. The number of fused-ring (bicyclic) bond motifs is 1. The quantitative estimate of drug-likeness (QED) is 0.828. The fourth-order valence-electron chi connectivity index (χ4n) is 2.40. The molecule has 0 saturated carbocycles. The monoisotopic (exact) mass is 291 g/mol. The van der Waals surface area contributed by atoms with E-state index in [0.29, 0.717) is 0 Å². The normalized spacial score (nSPS) is 13.8. The fraction of sp³-hybridized carbons (Fsp3) is 0.529. The topological polar surface area (TPSA) is 25.2 Å². The van der Waals surface area contributed by atoms with Crippen molar-refractivity contribution in [3.05, 3.63) is 35.6 Å². The van der Waals surface area contributed by atoms with Gasteiger partial charge in [0.2, 0.25) is 0 Å². The van der Waals surface area contributed by atoms with Gasteiger partial charge in [0.05, 0.1) is 6.04 Å². The van der Waals surface area contributed by atoms with Gasteiger partial charge in [-0.1, -0.05) is 25.1 Å². The van der Waals surface area contributed by atoms with Crippen LogP contribution in [0.2, 0.25) is 0 Å². The van der Waals surface area contributed by atoms with Crippen LogP contribution in [0.5, 0.6) is 0 Å². The minimum absolute atomic E-state index is 0.240. The van der Waals surface area contributed by atoms with Crippen molar-refractivity contribution in [3.8, 4) is 0 Å². The maximum Gasteiger partial charge on any atom is 0.134 e. The second kappa shape index (κ2) is 6.23. The van der Waals surface area contributed by atoms with Crippen LogP contribution in [0.3, 0.4) is 0 Å². The maximum atomic E-state index is 6.08. The molecule has 0 aliphatic heterocycles. The van der Waals surface area contributed by atoms with Gasteiger partial charge in [-0.25, -0.2) is 0 Å². The summed E-state index contributed by atoms with van der Waals surface area (Å²) in [5.74, 6) is 1.09. The summed E-state index contributed by atoms with van der Waals surface area (Å²) in [6, 6.07) is 8.56. The summed E-state index contributed by atoms with van der Waals surface area (Å²) < 4.78 is 6.32. The van der Waals surface area contributed by atoms with E-state index in [-0.39, 0.29) is 10.8 Å². The SMILES string of the molecule is CCc1c(C(C)NCC(C)(C)SC)oc2ccccc12. The summed E-state index contributed by atoms with van der Waals surface area (Å²) >= 11 is 1.89. The number of hydrogen-bond donors (Lipinski definition) is 1. The Morgan fingerprint density at radius 1 is 1.30 bits per heavy atom. The Hall–Kier alpha value is -0.930. The van der Waals surface area contributed by atoms with E-state index in [1.165, 1.54) is 10.9 Å².